The summed E-state index contributed by atoms with van der Waals surface area (Å²) in [4.78, 5) is 14.1. The minimum Gasteiger partial charge on any atom is -0.496 e. The van der Waals surface area contributed by atoms with Gasteiger partial charge in [0.25, 0.3) is 0 Å². The van der Waals surface area contributed by atoms with Gasteiger partial charge in [0, 0.05) is 11.6 Å². The highest BCUT2D eigenvalue weighted by atomic mass is 19.4. The number of ether oxygens (including phenoxy) is 2. The number of amides is 1. The lowest BCUT2D eigenvalue weighted by Gasteiger charge is -2.24. The van der Waals surface area contributed by atoms with E-state index in [0.29, 0.717) is 16.7 Å². The lowest BCUT2D eigenvalue weighted by molar-refractivity contribution is -0.138. The molecule has 0 unspecified atom stereocenters. The van der Waals surface area contributed by atoms with Gasteiger partial charge in [0.1, 0.15) is 17.7 Å². The minimum atomic E-state index is -4.70. The lowest BCUT2D eigenvalue weighted by Crippen LogP contribution is -2.31. The summed E-state index contributed by atoms with van der Waals surface area (Å²) >= 11 is 0. The molecule has 0 aromatic heterocycles. The van der Waals surface area contributed by atoms with Crippen LogP contribution >= 0.6 is 0 Å². The van der Waals surface area contributed by atoms with Gasteiger partial charge >= 0.3 is 18.4 Å². The SMILES string of the molecule is COc1cc(F)c(C(C)C)cc1-c1ccc(C(F)(F)F)cc1CN1C(=O)O[C@H](c2cc(C)cc(C(F)(F)F)c2)[C@@H]1C. The second kappa shape index (κ2) is 10.9. The van der Waals surface area contributed by atoms with E-state index in [9.17, 15) is 35.5 Å². The number of hydrogen-bond donors (Lipinski definition) is 0. The summed E-state index contributed by atoms with van der Waals surface area (Å²) in [5, 5.41) is 0. The van der Waals surface area contributed by atoms with Crippen LogP contribution in [0.25, 0.3) is 11.1 Å². The Bertz CT molecular complexity index is 1460. The fraction of sp³-hybridized carbons (Fsp3) is 0.367. The van der Waals surface area contributed by atoms with Crippen LogP contribution in [0.2, 0.25) is 0 Å². The number of aryl methyl sites for hydroxylation is 1. The van der Waals surface area contributed by atoms with Crippen molar-refractivity contribution in [2.45, 2.75) is 64.7 Å². The summed E-state index contributed by atoms with van der Waals surface area (Å²) in [5.74, 6) is -0.699. The first-order chi connectivity index (χ1) is 19.0. The van der Waals surface area contributed by atoms with Crippen molar-refractivity contribution in [3.63, 3.8) is 0 Å². The first-order valence-electron chi connectivity index (χ1n) is 12.7. The third kappa shape index (κ3) is 6.13. The average molecular weight is 584 g/mol. The highest BCUT2D eigenvalue weighted by Gasteiger charge is 2.42. The van der Waals surface area contributed by atoms with Crippen LogP contribution in [0.5, 0.6) is 5.75 Å². The van der Waals surface area contributed by atoms with Gasteiger partial charge in [0.15, 0.2) is 0 Å². The predicted octanol–water partition coefficient (Wildman–Crippen LogP) is 9.05. The summed E-state index contributed by atoms with van der Waals surface area (Å²) in [6, 6.07) is 8.20. The van der Waals surface area contributed by atoms with Gasteiger partial charge in [-0.2, -0.15) is 26.3 Å². The van der Waals surface area contributed by atoms with Gasteiger partial charge in [-0.3, -0.25) is 4.90 Å². The number of hydrogen-bond acceptors (Lipinski definition) is 3. The maximum Gasteiger partial charge on any atom is 0.416 e. The van der Waals surface area contributed by atoms with E-state index in [0.717, 1.165) is 30.3 Å². The van der Waals surface area contributed by atoms with Crippen molar-refractivity contribution < 1.29 is 45.0 Å². The van der Waals surface area contributed by atoms with E-state index < -0.39 is 47.5 Å². The maximum atomic E-state index is 14.7. The van der Waals surface area contributed by atoms with Crippen molar-refractivity contribution in [2.24, 2.45) is 0 Å². The predicted molar refractivity (Wildman–Crippen MR) is 138 cm³/mol. The molecule has 41 heavy (non-hydrogen) atoms. The average Bonchev–Trinajstić information content (AvgIpc) is 3.15. The van der Waals surface area contributed by atoms with E-state index in [1.807, 2.05) is 0 Å². The lowest BCUT2D eigenvalue weighted by atomic mass is 9.91. The monoisotopic (exact) mass is 583 g/mol. The molecule has 1 amide bonds. The second-order valence-corrected chi connectivity index (χ2v) is 10.4. The Balaban J connectivity index is 1.79. The molecule has 0 N–H and O–H groups in total. The molecule has 0 radical (unpaired) electrons. The molecule has 3 aromatic carbocycles. The fourth-order valence-corrected chi connectivity index (χ4v) is 5.04. The van der Waals surface area contributed by atoms with Crippen molar-refractivity contribution in [1.29, 1.82) is 0 Å². The van der Waals surface area contributed by atoms with Crippen LogP contribution in [0.15, 0.2) is 48.5 Å². The summed E-state index contributed by atoms with van der Waals surface area (Å²) in [6.07, 6.45) is -11.3. The van der Waals surface area contributed by atoms with E-state index in [2.05, 4.69) is 0 Å². The molecule has 0 bridgehead atoms. The van der Waals surface area contributed by atoms with Gasteiger partial charge < -0.3 is 9.47 Å². The molecule has 4 rings (SSSR count). The van der Waals surface area contributed by atoms with Crippen LogP contribution in [0.4, 0.5) is 35.5 Å². The summed E-state index contributed by atoms with van der Waals surface area (Å²) in [5.41, 5.74) is -0.454. The van der Waals surface area contributed by atoms with Gasteiger partial charge in [-0.25, -0.2) is 9.18 Å². The van der Waals surface area contributed by atoms with Crippen LogP contribution in [0.3, 0.4) is 0 Å². The molecule has 0 saturated carbocycles. The van der Waals surface area contributed by atoms with Crippen LogP contribution in [0.1, 0.15) is 66.2 Å². The Labute approximate surface area is 232 Å². The third-order valence-corrected chi connectivity index (χ3v) is 7.15. The van der Waals surface area contributed by atoms with E-state index >= 15 is 0 Å². The quantitative estimate of drug-likeness (QED) is 0.272. The number of rotatable bonds is 6. The molecule has 1 saturated heterocycles. The topological polar surface area (TPSA) is 38.8 Å². The highest BCUT2D eigenvalue weighted by molar-refractivity contribution is 5.76. The van der Waals surface area contributed by atoms with Gasteiger partial charge in [0.2, 0.25) is 0 Å². The Kier molecular flexibility index (Phi) is 8.03. The number of carbonyl (C=O) groups excluding carboxylic acids is 1. The molecular formula is C30H28F7NO3. The highest BCUT2D eigenvalue weighted by Crippen LogP contribution is 2.42. The number of cyclic esters (lactones) is 1. The zero-order chi connectivity index (χ0) is 30.4. The van der Waals surface area contributed by atoms with Crippen LogP contribution in [-0.2, 0) is 23.6 Å². The molecule has 0 aliphatic carbocycles. The first-order valence-corrected chi connectivity index (χ1v) is 12.7. The van der Waals surface area contributed by atoms with E-state index in [-0.39, 0.29) is 34.9 Å². The van der Waals surface area contributed by atoms with Crippen molar-refractivity contribution in [1.82, 2.24) is 4.90 Å². The smallest absolute Gasteiger partial charge is 0.416 e. The summed E-state index contributed by atoms with van der Waals surface area (Å²) < 4.78 is 107. The molecule has 1 fully saturated rings. The third-order valence-electron chi connectivity index (χ3n) is 7.15. The minimum absolute atomic E-state index is 0.0733. The molecule has 0 spiro atoms. The molecule has 4 nitrogen and oxygen atoms in total. The van der Waals surface area contributed by atoms with Crippen molar-refractivity contribution in [3.05, 3.63) is 87.7 Å². The summed E-state index contributed by atoms with van der Waals surface area (Å²) in [7, 11) is 1.30. The van der Waals surface area contributed by atoms with Crippen molar-refractivity contribution >= 4 is 6.09 Å². The number of halogens is 7. The normalized spacial score (nSPS) is 17.8. The van der Waals surface area contributed by atoms with Crippen molar-refractivity contribution in [3.8, 4) is 16.9 Å². The van der Waals surface area contributed by atoms with Gasteiger partial charge in [-0.1, -0.05) is 31.5 Å². The van der Waals surface area contributed by atoms with E-state index in [1.165, 1.54) is 37.1 Å². The fourth-order valence-electron chi connectivity index (χ4n) is 5.04. The molecule has 11 heteroatoms. The first kappa shape index (κ1) is 30.2. The standard InChI is InChI=1S/C30H28F7NO3/c1-15(2)23-12-24(26(40-5)13-25(23)31)22-7-6-20(29(32,33)34)11-19(22)14-38-17(4)27(41-28(38)39)18-8-16(3)9-21(10-18)30(35,36)37/h6-13,15,17,27H,14H2,1-5H3/t17-,27-/m0/s1. The number of nitrogens with zero attached hydrogens (tertiary/aromatic N) is 1. The van der Waals surface area contributed by atoms with E-state index in [1.54, 1.807) is 20.8 Å². The Morgan fingerprint density at radius 1 is 0.927 bits per heavy atom. The van der Waals surface area contributed by atoms with Crippen LogP contribution < -0.4 is 4.74 Å². The number of methoxy groups -OCH3 is 1. The van der Waals surface area contributed by atoms with Gasteiger partial charge in [-0.05, 0) is 72.4 Å². The Hall–Kier alpha value is -3.76. The van der Waals surface area contributed by atoms with E-state index in [4.69, 9.17) is 9.47 Å². The van der Waals surface area contributed by atoms with Gasteiger partial charge in [0.05, 0.1) is 30.8 Å². The second-order valence-electron chi connectivity index (χ2n) is 10.4. The molecular weight excluding hydrogens is 555 g/mol. The maximum absolute atomic E-state index is 14.7. The molecule has 2 atom stereocenters. The number of alkyl halides is 6. The van der Waals surface area contributed by atoms with Crippen LogP contribution in [-0.4, -0.2) is 24.1 Å². The summed E-state index contributed by atoms with van der Waals surface area (Å²) in [6.45, 7) is 6.20. The molecule has 3 aromatic rings. The zero-order valence-corrected chi connectivity index (χ0v) is 22.9. The Morgan fingerprint density at radius 3 is 2.17 bits per heavy atom. The molecule has 1 aliphatic heterocycles. The van der Waals surface area contributed by atoms with Gasteiger partial charge in [-0.15, -0.1) is 0 Å². The number of carbonyl (C=O) groups is 1. The largest absolute Gasteiger partial charge is 0.496 e. The number of benzene rings is 3. The van der Waals surface area contributed by atoms with Crippen LogP contribution in [0, 0.1) is 12.7 Å². The molecule has 220 valence electrons. The van der Waals surface area contributed by atoms with Crippen molar-refractivity contribution in [2.75, 3.05) is 7.11 Å². The Morgan fingerprint density at radius 2 is 1.59 bits per heavy atom. The zero-order valence-electron chi connectivity index (χ0n) is 22.9. The molecule has 1 heterocycles. The molecule has 1 aliphatic rings.